The third-order valence-electron chi connectivity index (χ3n) is 2.77. The quantitative estimate of drug-likeness (QED) is 0.757. The SMILES string of the molecule is Clc1cccc(Cl)c1-c1ncc(-c2ccncc2)[nH]1. The van der Waals surface area contributed by atoms with E-state index in [4.69, 9.17) is 23.2 Å². The normalized spacial score (nSPS) is 10.6. The summed E-state index contributed by atoms with van der Waals surface area (Å²) in [5.41, 5.74) is 2.62. The lowest BCUT2D eigenvalue weighted by atomic mass is 10.2. The Morgan fingerprint density at radius 1 is 0.947 bits per heavy atom. The van der Waals surface area contributed by atoms with E-state index in [0.29, 0.717) is 21.4 Å². The number of hydrogen-bond acceptors (Lipinski definition) is 2. The fraction of sp³-hybridized carbons (Fsp3) is 0. The summed E-state index contributed by atoms with van der Waals surface area (Å²) in [5.74, 6) is 0.655. The predicted octanol–water partition coefficient (Wildman–Crippen LogP) is 4.45. The molecule has 0 aliphatic rings. The van der Waals surface area contributed by atoms with Crippen LogP contribution in [0.4, 0.5) is 0 Å². The highest BCUT2D eigenvalue weighted by Crippen LogP contribution is 2.33. The number of nitrogens with zero attached hydrogens (tertiary/aromatic N) is 2. The molecule has 19 heavy (non-hydrogen) atoms. The maximum absolute atomic E-state index is 6.16. The van der Waals surface area contributed by atoms with Crippen LogP contribution in [0.1, 0.15) is 0 Å². The molecule has 0 atom stereocenters. The van der Waals surface area contributed by atoms with Gasteiger partial charge in [0.1, 0.15) is 5.82 Å². The Bertz CT molecular complexity index is 687. The summed E-state index contributed by atoms with van der Waals surface area (Å²) in [5, 5.41) is 1.14. The van der Waals surface area contributed by atoms with Crippen molar-refractivity contribution in [2.24, 2.45) is 0 Å². The molecule has 2 heterocycles. The van der Waals surface area contributed by atoms with Gasteiger partial charge in [0, 0.05) is 18.0 Å². The molecule has 0 aliphatic carbocycles. The van der Waals surface area contributed by atoms with Gasteiger partial charge in [-0.25, -0.2) is 4.98 Å². The second-order valence-corrected chi connectivity index (χ2v) is 4.79. The van der Waals surface area contributed by atoms with Gasteiger partial charge in [-0.2, -0.15) is 0 Å². The van der Waals surface area contributed by atoms with Crippen LogP contribution in [0, 0.1) is 0 Å². The van der Waals surface area contributed by atoms with E-state index in [-0.39, 0.29) is 0 Å². The Labute approximate surface area is 120 Å². The monoisotopic (exact) mass is 289 g/mol. The number of pyridine rings is 1. The van der Waals surface area contributed by atoms with E-state index in [1.165, 1.54) is 0 Å². The van der Waals surface area contributed by atoms with Crippen LogP contribution in [0.2, 0.25) is 10.0 Å². The van der Waals surface area contributed by atoms with Crippen LogP contribution in [-0.2, 0) is 0 Å². The number of benzene rings is 1. The number of halogens is 2. The third-order valence-corrected chi connectivity index (χ3v) is 3.40. The van der Waals surface area contributed by atoms with Crippen molar-refractivity contribution >= 4 is 23.2 Å². The molecular formula is C14H9Cl2N3. The zero-order valence-electron chi connectivity index (χ0n) is 9.77. The summed E-state index contributed by atoms with van der Waals surface area (Å²) in [6.45, 7) is 0. The van der Waals surface area contributed by atoms with Crippen LogP contribution < -0.4 is 0 Å². The third kappa shape index (κ3) is 2.35. The molecule has 0 fully saturated rings. The van der Waals surface area contributed by atoms with Crippen LogP contribution >= 0.6 is 23.2 Å². The van der Waals surface area contributed by atoms with Gasteiger partial charge in [0.2, 0.25) is 0 Å². The van der Waals surface area contributed by atoms with E-state index in [0.717, 1.165) is 11.3 Å². The van der Waals surface area contributed by atoms with Crippen molar-refractivity contribution in [2.45, 2.75) is 0 Å². The molecule has 2 aromatic heterocycles. The minimum Gasteiger partial charge on any atom is -0.338 e. The van der Waals surface area contributed by atoms with E-state index in [1.807, 2.05) is 12.1 Å². The molecule has 0 amide bonds. The lowest BCUT2D eigenvalue weighted by Crippen LogP contribution is -1.84. The number of aromatic nitrogens is 3. The minimum absolute atomic E-state index is 0.572. The number of nitrogens with one attached hydrogen (secondary N) is 1. The zero-order valence-corrected chi connectivity index (χ0v) is 11.3. The highest BCUT2D eigenvalue weighted by molar-refractivity contribution is 6.38. The Balaban J connectivity index is 2.07. The van der Waals surface area contributed by atoms with E-state index < -0.39 is 0 Å². The molecule has 94 valence electrons. The number of aromatic amines is 1. The van der Waals surface area contributed by atoms with Gasteiger partial charge < -0.3 is 4.98 Å². The van der Waals surface area contributed by atoms with Crippen molar-refractivity contribution in [1.29, 1.82) is 0 Å². The topological polar surface area (TPSA) is 41.6 Å². The lowest BCUT2D eigenvalue weighted by Gasteiger charge is -2.03. The van der Waals surface area contributed by atoms with Crippen molar-refractivity contribution in [3.05, 3.63) is 59.0 Å². The highest BCUT2D eigenvalue weighted by atomic mass is 35.5. The van der Waals surface area contributed by atoms with E-state index in [9.17, 15) is 0 Å². The van der Waals surface area contributed by atoms with Crippen LogP contribution in [0.3, 0.4) is 0 Å². The van der Waals surface area contributed by atoms with E-state index in [1.54, 1.807) is 36.8 Å². The molecule has 3 aromatic rings. The number of H-pyrrole nitrogens is 1. The first-order valence-electron chi connectivity index (χ1n) is 5.65. The second-order valence-electron chi connectivity index (χ2n) is 3.98. The van der Waals surface area contributed by atoms with Crippen LogP contribution in [0.15, 0.2) is 48.9 Å². The fourth-order valence-corrected chi connectivity index (χ4v) is 2.43. The molecule has 0 unspecified atom stereocenters. The lowest BCUT2D eigenvalue weighted by molar-refractivity contribution is 1.30. The minimum atomic E-state index is 0.572. The van der Waals surface area contributed by atoms with Crippen molar-refractivity contribution in [3.63, 3.8) is 0 Å². The van der Waals surface area contributed by atoms with Gasteiger partial charge in [-0.05, 0) is 24.3 Å². The van der Waals surface area contributed by atoms with Crippen molar-refractivity contribution in [3.8, 4) is 22.6 Å². The van der Waals surface area contributed by atoms with Crippen molar-refractivity contribution in [2.75, 3.05) is 0 Å². The molecule has 0 radical (unpaired) electrons. The largest absolute Gasteiger partial charge is 0.338 e. The molecular weight excluding hydrogens is 281 g/mol. The molecule has 0 saturated carbocycles. The summed E-state index contributed by atoms with van der Waals surface area (Å²) in [7, 11) is 0. The van der Waals surface area contributed by atoms with Crippen molar-refractivity contribution in [1.82, 2.24) is 15.0 Å². The first-order valence-corrected chi connectivity index (χ1v) is 6.41. The van der Waals surface area contributed by atoms with E-state index in [2.05, 4.69) is 15.0 Å². The zero-order chi connectivity index (χ0) is 13.2. The van der Waals surface area contributed by atoms with Crippen LogP contribution in [-0.4, -0.2) is 15.0 Å². The average Bonchev–Trinajstić information content (AvgIpc) is 2.89. The molecule has 1 N–H and O–H groups in total. The molecule has 0 spiro atoms. The fourth-order valence-electron chi connectivity index (χ4n) is 1.85. The second kappa shape index (κ2) is 5.03. The van der Waals surface area contributed by atoms with Gasteiger partial charge in [0.15, 0.2) is 0 Å². The number of imidazole rings is 1. The molecule has 5 heteroatoms. The summed E-state index contributed by atoms with van der Waals surface area (Å²) in [6, 6.07) is 9.20. The Kier molecular flexibility index (Phi) is 3.23. The predicted molar refractivity (Wildman–Crippen MR) is 77.3 cm³/mol. The molecule has 0 saturated heterocycles. The maximum atomic E-state index is 6.16. The first kappa shape index (κ1) is 12.2. The smallest absolute Gasteiger partial charge is 0.140 e. The van der Waals surface area contributed by atoms with Gasteiger partial charge in [-0.15, -0.1) is 0 Å². The van der Waals surface area contributed by atoms with Crippen LogP contribution in [0.5, 0.6) is 0 Å². The molecule has 0 aliphatic heterocycles. The maximum Gasteiger partial charge on any atom is 0.140 e. The summed E-state index contributed by atoms with van der Waals surface area (Å²) in [6.07, 6.45) is 5.22. The molecule has 3 nitrogen and oxygen atoms in total. The standard InChI is InChI=1S/C14H9Cl2N3/c15-10-2-1-3-11(16)13(10)14-18-8-12(19-14)9-4-6-17-7-5-9/h1-8H,(H,18,19). The summed E-state index contributed by atoms with van der Waals surface area (Å²) < 4.78 is 0. The van der Waals surface area contributed by atoms with Gasteiger partial charge in [0.25, 0.3) is 0 Å². The van der Waals surface area contributed by atoms with Gasteiger partial charge in [-0.3, -0.25) is 4.98 Å². The number of hydrogen-bond donors (Lipinski definition) is 1. The number of rotatable bonds is 2. The van der Waals surface area contributed by atoms with E-state index >= 15 is 0 Å². The Morgan fingerprint density at radius 3 is 2.32 bits per heavy atom. The average molecular weight is 290 g/mol. The van der Waals surface area contributed by atoms with Crippen LogP contribution in [0.25, 0.3) is 22.6 Å². The molecule has 0 bridgehead atoms. The Morgan fingerprint density at radius 2 is 1.63 bits per heavy atom. The highest BCUT2D eigenvalue weighted by Gasteiger charge is 2.12. The summed E-state index contributed by atoms with van der Waals surface area (Å²) >= 11 is 12.3. The Hall–Kier alpha value is -1.84. The van der Waals surface area contributed by atoms with Gasteiger partial charge in [0.05, 0.1) is 27.5 Å². The van der Waals surface area contributed by atoms with Gasteiger partial charge >= 0.3 is 0 Å². The molecule has 3 rings (SSSR count). The first-order chi connectivity index (χ1) is 9.25. The molecule has 1 aromatic carbocycles. The van der Waals surface area contributed by atoms with Crippen molar-refractivity contribution < 1.29 is 0 Å². The summed E-state index contributed by atoms with van der Waals surface area (Å²) in [4.78, 5) is 11.5. The van der Waals surface area contributed by atoms with Gasteiger partial charge in [-0.1, -0.05) is 29.3 Å².